The predicted molar refractivity (Wildman–Crippen MR) is 109 cm³/mol. The standard InChI is InChI=1S/C20H17Br2NO2/c1-24-20-14(11-15(21)12-19(20)22)13-23-16-7-9-18(10-8-16)25-17-5-3-2-4-6-17/h2-12,23H,13H2,1H3. The van der Waals surface area contributed by atoms with Crippen molar-refractivity contribution in [1.29, 1.82) is 0 Å². The molecule has 3 rings (SSSR count). The summed E-state index contributed by atoms with van der Waals surface area (Å²) in [6.45, 7) is 0.653. The van der Waals surface area contributed by atoms with E-state index in [1.54, 1.807) is 7.11 Å². The average Bonchev–Trinajstić information content (AvgIpc) is 2.62. The van der Waals surface area contributed by atoms with E-state index in [1.807, 2.05) is 66.7 Å². The summed E-state index contributed by atoms with van der Waals surface area (Å²) >= 11 is 7.04. The maximum Gasteiger partial charge on any atom is 0.138 e. The third kappa shape index (κ3) is 4.77. The molecule has 0 saturated heterocycles. The summed E-state index contributed by atoms with van der Waals surface area (Å²) in [6, 6.07) is 21.6. The molecule has 0 atom stereocenters. The van der Waals surface area contributed by atoms with Gasteiger partial charge in [0.05, 0.1) is 11.6 Å². The van der Waals surface area contributed by atoms with E-state index in [-0.39, 0.29) is 0 Å². The van der Waals surface area contributed by atoms with Gasteiger partial charge in [-0.2, -0.15) is 0 Å². The summed E-state index contributed by atoms with van der Waals surface area (Å²) < 4.78 is 13.2. The maximum absolute atomic E-state index is 5.80. The van der Waals surface area contributed by atoms with Gasteiger partial charge in [0.2, 0.25) is 0 Å². The molecule has 0 radical (unpaired) electrons. The zero-order valence-corrected chi connectivity index (χ0v) is 16.8. The molecule has 0 spiro atoms. The van der Waals surface area contributed by atoms with Gasteiger partial charge in [-0.05, 0) is 64.5 Å². The van der Waals surface area contributed by atoms with E-state index in [0.29, 0.717) is 6.54 Å². The fraction of sp³-hybridized carbons (Fsp3) is 0.100. The molecule has 0 heterocycles. The second-order valence-electron chi connectivity index (χ2n) is 5.37. The zero-order chi connectivity index (χ0) is 17.6. The number of ether oxygens (including phenoxy) is 2. The Morgan fingerprint density at radius 2 is 1.56 bits per heavy atom. The van der Waals surface area contributed by atoms with Crippen molar-refractivity contribution in [3.8, 4) is 17.2 Å². The van der Waals surface area contributed by atoms with Gasteiger partial charge >= 0.3 is 0 Å². The second-order valence-corrected chi connectivity index (χ2v) is 7.14. The first-order valence-electron chi connectivity index (χ1n) is 7.74. The van der Waals surface area contributed by atoms with Crippen molar-refractivity contribution in [2.24, 2.45) is 0 Å². The normalized spacial score (nSPS) is 10.4. The molecule has 1 N–H and O–H groups in total. The van der Waals surface area contributed by atoms with E-state index >= 15 is 0 Å². The number of methoxy groups -OCH3 is 1. The van der Waals surface area contributed by atoms with Crippen LogP contribution in [-0.4, -0.2) is 7.11 Å². The number of nitrogens with one attached hydrogen (secondary N) is 1. The minimum Gasteiger partial charge on any atom is -0.495 e. The fourth-order valence-corrected chi connectivity index (χ4v) is 3.91. The summed E-state index contributed by atoms with van der Waals surface area (Å²) in [5, 5.41) is 3.40. The van der Waals surface area contributed by atoms with Crippen LogP contribution in [0.5, 0.6) is 17.2 Å². The first kappa shape index (κ1) is 17.8. The van der Waals surface area contributed by atoms with Crippen LogP contribution in [0.15, 0.2) is 75.7 Å². The molecule has 3 nitrogen and oxygen atoms in total. The van der Waals surface area contributed by atoms with Crippen LogP contribution in [-0.2, 0) is 6.54 Å². The highest BCUT2D eigenvalue weighted by molar-refractivity contribution is 9.11. The van der Waals surface area contributed by atoms with E-state index in [1.165, 1.54) is 0 Å². The van der Waals surface area contributed by atoms with Crippen LogP contribution < -0.4 is 14.8 Å². The third-order valence-electron chi connectivity index (χ3n) is 3.61. The Kier molecular flexibility index (Phi) is 6.00. The van der Waals surface area contributed by atoms with Crippen LogP contribution in [0.2, 0.25) is 0 Å². The fourth-order valence-electron chi connectivity index (χ4n) is 2.44. The molecule has 3 aromatic carbocycles. The highest BCUT2D eigenvalue weighted by atomic mass is 79.9. The van der Waals surface area contributed by atoms with Crippen molar-refractivity contribution in [1.82, 2.24) is 0 Å². The van der Waals surface area contributed by atoms with E-state index in [9.17, 15) is 0 Å². The van der Waals surface area contributed by atoms with Crippen molar-refractivity contribution in [2.75, 3.05) is 12.4 Å². The second kappa shape index (κ2) is 8.41. The number of anilines is 1. The number of hydrogen-bond acceptors (Lipinski definition) is 3. The lowest BCUT2D eigenvalue weighted by Crippen LogP contribution is -2.02. The first-order chi connectivity index (χ1) is 12.2. The van der Waals surface area contributed by atoms with Gasteiger partial charge in [0, 0.05) is 22.3 Å². The Balaban J connectivity index is 1.66. The monoisotopic (exact) mass is 461 g/mol. The van der Waals surface area contributed by atoms with Crippen LogP contribution in [0.4, 0.5) is 5.69 Å². The van der Waals surface area contributed by atoms with Crippen molar-refractivity contribution < 1.29 is 9.47 Å². The van der Waals surface area contributed by atoms with Gasteiger partial charge in [0.1, 0.15) is 17.2 Å². The molecule has 0 aliphatic rings. The molecule has 0 aromatic heterocycles. The molecule has 3 aromatic rings. The van der Waals surface area contributed by atoms with E-state index in [4.69, 9.17) is 9.47 Å². The highest BCUT2D eigenvalue weighted by Crippen LogP contribution is 2.33. The van der Waals surface area contributed by atoms with Crippen LogP contribution >= 0.6 is 31.9 Å². The Morgan fingerprint density at radius 1 is 0.880 bits per heavy atom. The van der Waals surface area contributed by atoms with Crippen LogP contribution in [0, 0.1) is 0 Å². The predicted octanol–water partition coefficient (Wildman–Crippen LogP) is 6.62. The number of halogens is 2. The van der Waals surface area contributed by atoms with Gasteiger partial charge < -0.3 is 14.8 Å². The lowest BCUT2D eigenvalue weighted by atomic mass is 10.2. The summed E-state index contributed by atoms with van der Waals surface area (Å²) in [7, 11) is 1.67. The maximum atomic E-state index is 5.80. The minimum atomic E-state index is 0.653. The van der Waals surface area contributed by atoms with Crippen LogP contribution in [0.3, 0.4) is 0 Å². The highest BCUT2D eigenvalue weighted by Gasteiger charge is 2.09. The van der Waals surface area contributed by atoms with Gasteiger partial charge in [-0.1, -0.05) is 34.1 Å². The minimum absolute atomic E-state index is 0.653. The first-order valence-corrected chi connectivity index (χ1v) is 9.33. The average molecular weight is 463 g/mol. The Bertz CT molecular complexity index is 836. The van der Waals surface area contributed by atoms with Crippen molar-refractivity contribution in [2.45, 2.75) is 6.54 Å². The molecular formula is C20H17Br2NO2. The summed E-state index contributed by atoms with van der Waals surface area (Å²) in [6.07, 6.45) is 0. The molecule has 0 saturated carbocycles. The molecule has 5 heteroatoms. The van der Waals surface area contributed by atoms with Gasteiger partial charge in [0.25, 0.3) is 0 Å². The Labute approximate surface area is 164 Å². The number of benzene rings is 3. The van der Waals surface area contributed by atoms with Crippen molar-refractivity contribution in [3.05, 3.63) is 81.2 Å². The molecule has 0 aliphatic heterocycles. The number of para-hydroxylation sites is 1. The Hall–Kier alpha value is -1.98. The quantitative estimate of drug-likeness (QED) is 0.446. The molecule has 128 valence electrons. The summed E-state index contributed by atoms with van der Waals surface area (Å²) in [5.74, 6) is 2.46. The molecule has 0 unspecified atom stereocenters. The van der Waals surface area contributed by atoms with Crippen molar-refractivity contribution >= 4 is 37.5 Å². The Morgan fingerprint density at radius 3 is 2.24 bits per heavy atom. The largest absolute Gasteiger partial charge is 0.495 e. The van der Waals surface area contributed by atoms with E-state index in [2.05, 4.69) is 37.2 Å². The van der Waals surface area contributed by atoms with Gasteiger partial charge in [-0.3, -0.25) is 0 Å². The smallest absolute Gasteiger partial charge is 0.138 e. The van der Waals surface area contributed by atoms with Gasteiger partial charge in [-0.25, -0.2) is 0 Å². The summed E-state index contributed by atoms with van der Waals surface area (Å²) in [5.41, 5.74) is 2.08. The zero-order valence-electron chi connectivity index (χ0n) is 13.6. The topological polar surface area (TPSA) is 30.5 Å². The molecule has 0 amide bonds. The number of hydrogen-bond donors (Lipinski definition) is 1. The summed E-state index contributed by atoms with van der Waals surface area (Å²) in [4.78, 5) is 0. The number of rotatable bonds is 6. The van der Waals surface area contributed by atoms with Crippen LogP contribution in [0.1, 0.15) is 5.56 Å². The molecule has 25 heavy (non-hydrogen) atoms. The van der Waals surface area contributed by atoms with Gasteiger partial charge in [-0.15, -0.1) is 0 Å². The van der Waals surface area contributed by atoms with Gasteiger partial charge in [0.15, 0.2) is 0 Å². The van der Waals surface area contributed by atoms with Crippen LogP contribution in [0.25, 0.3) is 0 Å². The molecule has 0 aliphatic carbocycles. The van der Waals surface area contributed by atoms with E-state index in [0.717, 1.165) is 37.4 Å². The lowest BCUT2D eigenvalue weighted by molar-refractivity contribution is 0.407. The third-order valence-corrected chi connectivity index (χ3v) is 4.65. The molecule has 0 bridgehead atoms. The molecule has 0 fully saturated rings. The molecular weight excluding hydrogens is 446 g/mol. The van der Waals surface area contributed by atoms with E-state index < -0.39 is 0 Å². The van der Waals surface area contributed by atoms with Crippen molar-refractivity contribution in [3.63, 3.8) is 0 Å². The lowest BCUT2D eigenvalue weighted by Gasteiger charge is -2.13. The SMILES string of the molecule is COc1c(Br)cc(Br)cc1CNc1ccc(Oc2ccccc2)cc1.